The van der Waals surface area contributed by atoms with Crippen LogP contribution in [0.5, 0.6) is 5.75 Å². The van der Waals surface area contributed by atoms with E-state index >= 15 is 0 Å². The van der Waals surface area contributed by atoms with Gasteiger partial charge in [0.15, 0.2) is 0 Å². The van der Waals surface area contributed by atoms with Crippen LogP contribution in [-0.2, 0) is 4.74 Å². The standard InChI is InChI=1S/C11H13ClFNO2/c1-15-10-5-9(13)7(4-8(10)12)11-6-14-2-3-16-11/h4-5,11,14H,2-3,6H2,1H3. The molecule has 1 aliphatic rings. The second-order valence-electron chi connectivity index (χ2n) is 3.57. The SMILES string of the molecule is COc1cc(F)c(C2CNCCO2)cc1Cl. The maximum Gasteiger partial charge on any atom is 0.140 e. The molecule has 0 amide bonds. The summed E-state index contributed by atoms with van der Waals surface area (Å²) >= 11 is 5.95. The summed E-state index contributed by atoms with van der Waals surface area (Å²) in [6, 6.07) is 2.85. The molecule has 3 nitrogen and oxygen atoms in total. The fourth-order valence-corrected chi connectivity index (χ4v) is 1.96. The highest BCUT2D eigenvalue weighted by atomic mass is 35.5. The summed E-state index contributed by atoms with van der Waals surface area (Å²) in [5.41, 5.74) is 0.470. The fraction of sp³-hybridized carbons (Fsp3) is 0.455. The first-order chi connectivity index (χ1) is 7.72. The number of morpholine rings is 1. The minimum atomic E-state index is -0.352. The molecule has 1 aromatic carbocycles. The van der Waals surface area contributed by atoms with E-state index < -0.39 is 0 Å². The monoisotopic (exact) mass is 245 g/mol. The Kier molecular flexibility index (Phi) is 3.63. The molecule has 5 heteroatoms. The summed E-state index contributed by atoms with van der Waals surface area (Å²) in [6.07, 6.45) is -0.280. The van der Waals surface area contributed by atoms with E-state index in [2.05, 4.69) is 5.32 Å². The molecule has 1 heterocycles. The van der Waals surface area contributed by atoms with Crippen molar-refractivity contribution in [3.05, 3.63) is 28.5 Å². The van der Waals surface area contributed by atoms with Gasteiger partial charge in [-0.3, -0.25) is 0 Å². The number of nitrogens with one attached hydrogen (secondary N) is 1. The Hall–Kier alpha value is -0.840. The number of hydrogen-bond acceptors (Lipinski definition) is 3. The molecule has 1 aliphatic heterocycles. The molecular weight excluding hydrogens is 233 g/mol. The van der Waals surface area contributed by atoms with Gasteiger partial charge in [0.25, 0.3) is 0 Å². The molecule has 0 aromatic heterocycles. The van der Waals surface area contributed by atoms with Gasteiger partial charge < -0.3 is 14.8 Å². The lowest BCUT2D eigenvalue weighted by molar-refractivity contribution is 0.0255. The quantitative estimate of drug-likeness (QED) is 0.866. The van der Waals surface area contributed by atoms with Gasteiger partial charge in [-0.2, -0.15) is 0 Å². The molecule has 0 bridgehead atoms. The number of hydrogen-bond donors (Lipinski definition) is 1. The summed E-state index contributed by atoms with van der Waals surface area (Å²) in [6.45, 7) is 1.97. The van der Waals surface area contributed by atoms with Crippen molar-refractivity contribution in [3.63, 3.8) is 0 Å². The first kappa shape index (κ1) is 11.6. The molecule has 1 saturated heterocycles. The molecule has 0 aliphatic carbocycles. The first-order valence-electron chi connectivity index (χ1n) is 5.07. The Morgan fingerprint density at radius 2 is 2.38 bits per heavy atom. The predicted octanol–water partition coefficient (Wildman–Crippen LogP) is 2.15. The van der Waals surface area contributed by atoms with Crippen molar-refractivity contribution in [1.82, 2.24) is 5.32 Å². The summed E-state index contributed by atoms with van der Waals surface area (Å²) in [4.78, 5) is 0. The van der Waals surface area contributed by atoms with E-state index in [1.165, 1.54) is 13.2 Å². The van der Waals surface area contributed by atoms with Crippen molar-refractivity contribution in [2.75, 3.05) is 26.8 Å². The van der Waals surface area contributed by atoms with Crippen LogP contribution in [0.25, 0.3) is 0 Å². The highest BCUT2D eigenvalue weighted by Gasteiger charge is 2.21. The Balaban J connectivity index is 2.29. The Labute approximate surface area is 98.5 Å². The van der Waals surface area contributed by atoms with Crippen LogP contribution in [0.2, 0.25) is 5.02 Å². The van der Waals surface area contributed by atoms with E-state index in [1.807, 2.05) is 0 Å². The van der Waals surface area contributed by atoms with Gasteiger partial charge in [-0.1, -0.05) is 11.6 Å². The van der Waals surface area contributed by atoms with Gasteiger partial charge in [0.05, 0.1) is 24.8 Å². The highest BCUT2D eigenvalue weighted by molar-refractivity contribution is 6.32. The maximum atomic E-state index is 13.8. The minimum Gasteiger partial charge on any atom is -0.495 e. The summed E-state index contributed by atoms with van der Waals surface area (Å²) in [7, 11) is 1.46. The number of methoxy groups -OCH3 is 1. The summed E-state index contributed by atoms with van der Waals surface area (Å²) < 4.78 is 24.2. The van der Waals surface area contributed by atoms with Crippen LogP contribution < -0.4 is 10.1 Å². The van der Waals surface area contributed by atoms with Gasteiger partial charge >= 0.3 is 0 Å². The van der Waals surface area contributed by atoms with E-state index in [4.69, 9.17) is 21.1 Å². The molecule has 88 valence electrons. The van der Waals surface area contributed by atoms with Crippen LogP contribution >= 0.6 is 11.6 Å². The lowest BCUT2D eigenvalue weighted by atomic mass is 10.1. The average molecular weight is 246 g/mol. The lowest BCUT2D eigenvalue weighted by Gasteiger charge is -2.24. The van der Waals surface area contributed by atoms with E-state index in [1.54, 1.807) is 6.07 Å². The van der Waals surface area contributed by atoms with Crippen LogP contribution in [0.4, 0.5) is 4.39 Å². The van der Waals surface area contributed by atoms with Crippen LogP contribution in [-0.4, -0.2) is 26.8 Å². The predicted molar refractivity (Wildman–Crippen MR) is 59.5 cm³/mol. The second-order valence-corrected chi connectivity index (χ2v) is 3.98. The fourth-order valence-electron chi connectivity index (χ4n) is 1.71. The Morgan fingerprint density at radius 1 is 1.56 bits per heavy atom. The summed E-state index contributed by atoms with van der Waals surface area (Å²) in [5.74, 6) is -0.0124. The molecule has 0 saturated carbocycles. The van der Waals surface area contributed by atoms with Gasteiger partial charge in [-0.15, -0.1) is 0 Å². The molecule has 0 radical (unpaired) electrons. The third kappa shape index (κ3) is 2.29. The van der Waals surface area contributed by atoms with Crippen molar-refractivity contribution in [3.8, 4) is 5.75 Å². The van der Waals surface area contributed by atoms with Crippen molar-refractivity contribution in [2.45, 2.75) is 6.10 Å². The zero-order valence-electron chi connectivity index (χ0n) is 8.93. The molecule has 1 atom stereocenters. The van der Waals surface area contributed by atoms with Crippen LogP contribution in [0.3, 0.4) is 0 Å². The molecule has 16 heavy (non-hydrogen) atoms. The second kappa shape index (κ2) is 4.99. The van der Waals surface area contributed by atoms with Gasteiger partial charge in [0.1, 0.15) is 11.6 Å². The molecular formula is C11H13ClFNO2. The van der Waals surface area contributed by atoms with E-state index in [0.717, 1.165) is 6.54 Å². The third-order valence-corrected chi connectivity index (χ3v) is 2.84. The topological polar surface area (TPSA) is 30.5 Å². The molecule has 0 spiro atoms. The molecule has 1 unspecified atom stereocenters. The van der Waals surface area contributed by atoms with E-state index in [9.17, 15) is 4.39 Å². The number of rotatable bonds is 2. The minimum absolute atomic E-state index is 0.280. The normalized spacial score (nSPS) is 20.8. The van der Waals surface area contributed by atoms with Crippen molar-refractivity contribution >= 4 is 11.6 Å². The highest BCUT2D eigenvalue weighted by Crippen LogP contribution is 2.31. The lowest BCUT2D eigenvalue weighted by Crippen LogP contribution is -2.33. The molecule has 1 fully saturated rings. The molecule has 2 rings (SSSR count). The molecule has 1 N–H and O–H groups in total. The van der Waals surface area contributed by atoms with Gasteiger partial charge in [0, 0.05) is 24.7 Å². The van der Waals surface area contributed by atoms with Crippen LogP contribution in [0.1, 0.15) is 11.7 Å². The average Bonchev–Trinajstić information content (AvgIpc) is 2.32. The third-order valence-electron chi connectivity index (χ3n) is 2.55. The zero-order chi connectivity index (χ0) is 11.5. The van der Waals surface area contributed by atoms with Crippen LogP contribution in [0.15, 0.2) is 12.1 Å². The number of halogens is 2. The Morgan fingerprint density at radius 3 is 3.00 bits per heavy atom. The number of ether oxygens (including phenoxy) is 2. The van der Waals surface area contributed by atoms with Crippen molar-refractivity contribution in [1.29, 1.82) is 0 Å². The number of benzene rings is 1. The zero-order valence-corrected chi connectivity index (χ0v) is 9.68. The smallest absolute Gasteiger partial charge is 0.140 e. The van der Waals surface area contributed by atoms with Gasteiger partial charge in [-0.25, -0.2) is 4.39 Å². The van der Waals surface area contributed by atoms with Crippen molar-refractivity contribution < 1.29 is 13.9 Å². The largest absolute Gasteiger partial charge is 0.495 e. The first-order valence-corrected chi connectivity index (χ1v) is 5.45. The van der Waals surface area contributed by atoms with Crippen molar-refractivity contribution in [2.24, 2.45) is 0 Å². The van der Waals surface area contributed by atoms with Gasteiger partial charge in [-0.05, 0) is 6.07 Å². The van der Waals surface area contributed by atoms with Crippen LogP contribution in [0, 0.1) is 5.82 Å². The Bertz CT molecular complexity index is 380. The van der Waals surface area contributed by atoms with Gasteiger partial charge in [0.2, 0.25) is 0 Å². The van der Waals surface area contributed by atoms with E-state index in [0.29, 0.717) is 29.5 Å². The van der Waals surface area contributed by atoms with E-state index in [-0.39, 0.29) is 11.9 Å². The maximum absolute atomic E-state index is 13.8. The summed E-state index contributed by atoms with van der Waals surface area (Å²) in [5, 5.41) is 3.54. The molecule has 1 aromatic rings.